The lowest BCUT2D eigenvalue weighted by molar-refractivity contribution is 0.562. The molecule has 3 nitrogen and oxygen atoms in total. The van der Waals surface area contributed by atoms with Gasteiger partial charge in [0.1, 0.15) is 0 Å². The summed E-state index contributed by atoms with van der Waals surface area (Å²) in [5, 5.41) is 8.77. The van der Waals surface area contributed by atoms with E-state index in [1.54, 1.807) is 0 Å². The van der Waals surface area contributed by atoms with Gasteiger partial charge in [-0.3, -0.25) is 4.99 Å². The van der Waals surface area contributed by atoms with Crippen molar-refractivity contribution in [1.29, 1.82) is 0 Å². The molecular formula is C13H23N3S. The number of rotatable bonds is 6. The van der Waals surface area contributed by atoms with Gasteiger partial charge < -0.3 is 10.6 Å². The molecule has 0 bridgehead atoms. The van der Waals surface area contributed by atoms with Crippen LogP contribution in [-0.2, 0) is 6.42 Å². The Morgan fingerprint density at radius 3 is 2.88 bits per heavy atom. The highest BCUT2D eigenvalue weighted by molar-refractivity contribution is 7.09. The summed E-state index contributed by atoms with van der Waals surface area (Å²) in [5.74, 6) is 1.53. The number of hydrogen-bond acceptors (Lipinski definition) is 2. The molecule has 0 spiro atoms. The molecule has 0 saturated heterocycles. The van der Waals surface area contributed by atoms with Gasteiger partial charge in [-0.15, -0.1) is 11.3 Å². The third kappa shape index (κ3) is 5.73. The van der Waals surface area contributed by atoms with Crippen molar-refractivity contribution in [1.82, 2.24) is 10.6 Å². The summed E-state index contributed by atoms with van der Waals surface area (Å²) < 4.78 is 0. The smallest absolute Gasteiger partial charge is 0.190 e. The third-order valence-corrected chi connectivity index (χ3v) is 3.41. The van der Waals surface area contributed by atoms with E-state index in [0.717, 1.165) is 31.9 Å². The molecule has 1 unspecified atom stereocenters. The summed E-state index contributed by atoms with van der Waals surface area (Å²) in [6.07, 6.45) is 2.25. The minimum Gasteiger partial charge on any atom is -0.356 e. The highest BCUT2D eigenvalue weighted by Gasteiger charge is 2.05. The standard InChI is InChI=1S/C13H23N3S/c1-4-7-15-13(14-3)16-10-11(2)9-12-6-5-8-17-12/h5-6,8,11H,4,7,9-10H2,1-3H3,(H2,14,15,16). The average molecular weight is 253 g/mol. The van der Waals surface area contributed by atoms with Crippen LogP contribution in [0.2, 0.25) is 0 Å². The van der Waals surface area contributed by atoms with Crippen LogP contribution in [0.3, 0.4) is 0 Å². The van der Waals surface area contributed by atoms with Crippen molar-refractivity contribution in [2.75, 3.05) is 20.1 Å². The molecule has 1 aromatic heterocycles. The predicted octanol–water partition coefficient (Wildman–Crippen LogP) is 2.50. The largest absolute Gasteiger partial charge is 0.356 e. The molecule has 1 atom stereocenters. The Balaban J connectivity index is 2.24. The lowest BCUT2D eigenvalue weighted by Crippen LogP contribution is -2.39. The molecule has 2 N–H and O–H groups in total. The molecule has 0 radical (unpaired) electrons. The molecule has 0 aliphatic carbocycles. The summed E-state index contributed by atoms with van der Waals surface area (Å²) in [6.45, 7) is 6.35. The summed E-state index contributed by atoms with van der Waals surface area (Å²) in [6, 6.07) is 4.31. The fraction of sp³-hybridized carbons (Fsp3) is 0.615. The van der Waals surface area contributed by atoms with Gasteiger partial charge in [0.25, 0.3) is 0 Å². The van der Waals surface area contributed by atoms with Gasteiger partial charge in [-0.1, -0.05) is 19.9 Å². The molecule has 1 heterocycles. The number of aliphatic imine (C=N–C) groups is 1. The first-order chi connectivity index (χ1) is 8.26. The molecule has 1 rings (SSSR count). The topological polar surface area (TPSA) is 36.4 Å². The first-order valence-electron chi connectivity index (χ1n) is 6.23. The lowest BCUT2D eigenvalue weighted by Gasteiger charge is -2.15. The number of nitrogens with one attached hydrogen (secondary N) is 2. The van der Waals surface area contributed by atoms with Crippen molar-refractivity contribution in [2.24, 2.45) is 10.9 Å². The highest BCUT2D eigenvalue weighted by Crippen LogP contribution is 2.13. The van der Waals surface area contributed by atoms with Crippen LogP contribution >= 0.6 is 11.3 Å². The molecule has 0 aromatic carbocycles. The number of thiophene rings is 1. The zero-order valence-corrected chi connectivity index (χ0v) is 11.8. The summed E-state index contributed by atoms with van der Waals surface area (Å²) >= 11 is 1.83. The lowest BCUT2D eigenvalue weighted by atomic mass is 10.1. The molecular weight excluding hydrogens is 230 g/mol. The van der Waals surface area contributed by atoms with Crippen molar-refractivity contribution in [3.05, 3.63) is 22.4 Å². The zero-order valence-electron chi connectivity index (χ0n) is 11.0. The van der Waals surface area contributed by atoms with Gasteiger partial charge in [-0.2, -0.15) is 0 Å². The molecule has 0 fully saturated rings. The van der Waals surface area contributed by atoms with E-state index in [2.05, 4.69) is 47.0 Å². The summed E-state index contributed by atoms with van der Waals surface area (Å²) in [4.78, 5) is 5.65. The van der Waals surface area contributed by atoms with Gasteiger partial charge in [-0.05, 0) is 30.2 Å². The van der Waals surface area contributed by atoms with Crippen LogP contribution in [0.4, 0.5) is 0 Å². The molecule has 0 amide bonds. The molecule has 4 heteroatoms. The second-order valence-electron chi connectivity index (χ2n) is 4.27. The first-order valence-corrected chi connectivity index (χ1v) is 7.11. The summed E-state index contributed by atoms with van der Waals surface area (Å²) in [5.41, 5.74) is 0. The van der Waals surface area contributed by atoms with Crippen molar-refractivity contribution in [2.45, 2.75) is 26.7 Å². The molecule has 0 saturated carbocycles. The fourth-order valence-corrected chi connectivity index (χ4v) is 2.45. The SMILES string of the molecule is CCCNC(=NC)NCC(C)Cc1cccs1. The van der Waals surface area contributed by atoms with Crippen LogP contribution in [-0.4, -0.2) is 26.1 Å². The highest BCUT2D eigenvalue weighted by atomic mass is 32.1. The van der Waals surface area contributed by atoms with Crippen LogP contribution in [0.25, 0.3) is 0 Å². The van der Waals surface area contributed by atoms with Crippen molar-refractivity contribution in [3.63, 3.8) is 0 Å². The molecule has 0 aliphatic rings. The Hall–Kier alpha value is -1.03. The van der Waals surface area contributed by atoms with E-state index in [0.29, 0.717) is 5.92 Å². The van der Waals surface area contributed by atoms with Crippen molar-refractivity contribution in [3.8, 4) is 0 Å². The van der Waals surface area contributed by atoms with E-state index >= 15 is 0 Å². The van der Waals surface area contributed by atoms with E-state index in [1.807, 2.05) is 18.4 Å². The van der Waals surface area contributed by atoms with Crippen molar-refractivity contribution >= 4 is 17.3 Å². The quantitative estimate of drug-likeness (QED) is 0.604. The van der Waals surface area contributed by atoms with Gasteiger partial charge in [-0.25, -0.2) is 0 Å². The Kier molecular flexibility index (Phi) is 6.70. The number of nitrogens with zero attached hydrogens (tertiary/aromatic N) is 1. The average Bonchev–Trinajstić information content (AvgIpc) is 2.82. The molecule has 17 heavy (non-hydrogen) atoms. The minimum absolute atomic E-state index is 0.619. The van der Waals surface area contributed by atoms with E-state index in [9.17, 15) is 0 Å². The van der Waals surface area contributed by atoms with E-state index in [4.69, 9.17) is 0 Å². The van der Waals surface area contributed by atoms with Gasteiger partial charge in [0, 0.05) is 25.0 Å². The van der Waals surface area contributed by atoms with Gasteiger partial charge >= 0.3 is 0 Å². The predicted molar refractivity (Wildman–Crippen MR) is 76.8 cm³/mol. The zero-order chi connectivity index (χ0) is 12.5. The van der Waals surface area contributed by atoms with E-state index in [1.165, 1.54) is 4.88 Å². The second kappa shape index (κ2) is 8.12. The van der Waals surface area contributed by atoms with Gasteiger partial charge in [0.15, 0.2) is 5.96 Å². The van der Waals surface area contributed by atoms with Crippen LogP contribution in [0, 0.1) is 5.92 Å². The maximum absolute atomic E-state index is 4.19. The van der Waals surface area contributed by atoms with Crippen LogP contribution in [0.1, 0.15) is 25.1 Å². The Bertz CT molecular complexity index is 319. The van der Waals surface area contributed by atoms with E-state index < -0.39 is 0 Å². The van der Waals surface area contributed by atoms with E-state index in [-0.39, 0.29) is 0 Å². The van der Waals surface area contributed by atoms with Crippen LogP contribution in [0.15, 0.2) is 22.5 Å². The van der Waals surface area contributed by atoms with Crippen LogP contribution in [0.5, 0.6) is 0 Å². The first kappa shape index (κ1) is 14.0. The van der Waals surface area contributed by atoms with Crippen LogP contribution < -0.4 is 10.6 Å². The normalized spacial score (nSPS) is 13.5. The molecule has 1 aromatic rings. The monoisotopic (exact) mass is 253 g/mol. The maximum atomic E-state index is 4.19. The third-order valence-electron chi connectivity index (χ3n) is 2.51. The molecule has 96 valence electrons. The number of hydrogen-bond donors (Lipinski definition) is 2. The maximum Gasteiger partial charge on any atom is 0.190 e. The Morgan fingerprint density at radius 2 is 2.29 bits per heavy atom. The Labute approximate surface area is 108 Å². The fourth-order valence-electron chi connectivity index (χ4n) is 1.58. The van der Waals surface area contributed by atoms with Gasteiger partial charge in [0.05, 0.1) is 0 Å². The number of guanidine groups is 1. The second-order valence-corrected chi connectivity index (χ2v) is 5.30. The van der Waals surface area contributed by atoms with Crippen molar-refractivity contribution < 1.29 is 0 Å². The summed E-state index contributed by atoms with van der Waals surface area (Å²) in [7, 11) is 1.81. The minimum atomic E-state index is 0.619. The van der Waals surface area contributed by atoms with Gasteiger partial charge in [0.2, 0.25) is 0 Å². The Morgan fingerprint density at radius 1 is 1.47 bits per heavy atom. The molecule has 0 aliphatic heterocycles.